The van der Waals surface area contributed by atoms with Gasteiger partial charge in [-0.1, -0.05) is 57.9 Å². The Bertz CT molecular complexity index is 1070. The lowest BCUT2D eigenvalue weighted by atomic mass is 9.97. The number of ketones is 1. The van der Waals surface area contributed by atoms with Crippen molar-refractivity contribution in [2.75, 3.05) is 0 Å². The summed E-state index contributed by atoms with van der Waals surface area (Å²) in [6.07, 6.45) is 0. The number of aromatic nitrogens is 1. The summed E-state index contributed by atoms with van der Waals surface area (Å²) in [4.78, 5) is 16.6. The van der Waals surface area contributed by atoms with Crippen LogP contribution in [-0.2, 0) is 0 Å². The van der Waals surface area contributed by atoms with E-state index in [1.807, 2.05) is 72.8 Å². The molecule has 3 aromatic carbocycles. The first-order chi connectivity index (χ1) is 12.1. The Hall–Kier alpha value is -2.36. The van der Waals surface area contributed by atoms with Crippen LogP contribution in [-0.4, -0.2) is 10.8 Å². The highest BCUT2D eigenvalue weighted by molar-refractivity contribution is 9.10. The maximum absolute atomic E-state index is 13.3. The molecule has 4 aromatic rings. The normalized spacial score (nSPS) is 11.0. The molecule has 1 N–H and O–H groups in total. The Morgan fingerprint density at radius 1 is 0.920 bits per heavy atom. The summed E-state index contributed by atoms with van der Waals surface area (Å²) in [6.45, 7) is 0. The van der Waals surface area contributed by atoms with Gasteiger partial charge in [0.1, 0.15) is 0 Å². The van der Waals surface area contributed by atoms with Gasteiger partial charge < -0.3 is 4.98 Å². The SMILES string of the molecule is O=C(c1ccc(Br)cc1)c1c(-c2ccccc2)[nH]c2ccc(Cl)cc12. The van der Waals surface area contributed by atoms with Gasteiger partial charge in [0.25, 0.3) is 0 Å². The Morgan fingerprint density at radius 3 is 2.36 bits per heavy atom. The van der Waals surface area contributed by atoms with Crippen LogP contribution in [0, 0.1) is 0 Å². The van der Waals surface area contributed by atoms with Crippen molar-refractivity contribution in [3.63, 3.8) is 0 Å². The van der Waals surface area contributed by atoms with Gasteiger partial charge in [-0.2, -0.15) is 0 Å². The maximum Gasteiger partial charge on any atom is 0.195 e. The third kappa shape index (κ3) is 3.01. The molecule has 25 heavy (non-hydrogen) atoms. The number of hydrogen-bond donors (Lipinski definition) is 1. The van der Waals surface area contributed by atoms with Gasteiger partial charge in [-0.05, 0) is 48.0 Å². The number of nitrogens with one attached hydrogen (secondary N) is 1. The fourth-order valence-corrected chi connectivity index (χ4v) is 3.40. The van der Waals surface area contributed by atoms with E-state index in [1.165, 1.54) is 0 Å². The van der Waals surface area contributed by atoms with Crippen molar-refractivity contribution in [1.29, 1.82) is 0 Å². The van der Waals surface area contributed by atoms with E-state index < -0.39 is 0 Å². The fourth-order valence-electron chi connectivity index (χ4n) is 2.97. The van der Waals surface area contributed by atoms with Crippen LogP contribution in [0.25, 0.3) is 22.2 Å². The summed E-state index contributed by atoms with van der Waals surface area (Å²) < 4.78 is 0.939. The summed E-state index contributed by atoms with van der Waals surface area (Å²) in [6, 6.07) is 22.8. The second kappa shape index (κ2) is 6.51. The molecule has 0 fully saturated rings. The Kier molecular flexibility index (Phi) is 4.20. The molecule has 0 amide bonds. The summed E-state index contributed by atoms with van der Waals surface area (Å²) >= 11 is 9.59. The highest BCUT2D eigenvalue weighted by Crippen LogP contribution is 2.33. The number of H-pyrrole nitrogens is 1. The zero-order valence-electron chi connectivity index (χ0n) is 13.1. The molecule has 0 saturated carbocycles. The summed E-state index contributed by atoms with van der Waals surface area (Å²) in [5.41, 5.74) is 3.96. The Balaban J connectivity index is 1.98. The molecule has 2 nitrogen and oxygen atoms in total. The lowest BCUT2D eigenvalue weighted by Crippen LogP contribution is -2.02. The summed E-state index contributed by atoms with van der Waals surface area (Å²) in [7, 11) is 0. The molecular formula is C21H13BrClNO. The second-order valence-corrected chi connectivity index (χ2v) is 7.12. The van der Waals surface area contributed by atoms with Crippen molar-refractivity contribution in [2.45, 2.75) is 0 Å². The van der Waals surface area contributed by atoms with E-state index in [2.05, 4.69) is 20.9 Å². The maximum atomic E-state index is 13.3. The minimum atomic E-state index is -0.0279. The van der Waals surface area contributed by atoms with E-state index >= 15 is 0 Å². The molecule has 1 heterocycles. The van der Waals surface area contributed by atoms with Gasteiger partial charge in [0.05, 0.1) is 11.3 Å². The van der Waals surface area contributed by atoms with Gasteiger partial charge in [-0.15, -0.1) is 0 Å². The molecule has 0 aliphatic rings. The largest absolute Gasteiger partial charge is 0.354 e. The molecule has 0 aliphatic heterocycles. The molecule has 0 radical (unpaired) electrons. The third-order valence-corrected chi connectivity index (χ3v) is 4.92. The topological polar surface area (TPSA) is 32.9 Å². The van der Waals surface area contributed by atoms with Crippen molar-refractivity contribution in [3.8, 4) is 11.3 Å². The molecular weight excluding hydrogens is 398 g/mol. The first kappa shape index (κ1) is 16.1. The number of rotatable bonds is 3. The zero-order valence-corrected chi connectivity index (χ0v) is 15.4. The molecule has 0 saturated heterocycles. The van der Waals surface area contributed by atoms with Crippen molar-refractivity contribution >= 4 is 44.2 Å². The van der Waals surface area contributed by atoms with Crippen LogP contribution in [0.4, 0.5) is 0 Å². The van der Waals surface area contributed by atoms with Crippen LogP contribution in [0.15, 0.2) is 77.3 Å². The van der Waals surface area contributed by atoms with E-state index in [0.717, 1.165) is 26.6 Å². The van der Waals surface area contributed by atoms with E-state index in [4.69, 9.17) is 11.6 Å². The minimum Gasteiger partial charge on any atom is -0.354 e. The standard InChI is InChI=1S/C21H13BrClNO/c22-15-8-6-14(7-9-15)21(25)19-17-12-16(23)10-11-18(17)24-20(19)13-4-2-1-3-5-13/h1-12,24H. The molecule has 1 aromatic heterocycles. The van der Waals surface area contributed by atoms with Crippen molar-refractivity contribution in [3.05, 3.63) is 93.4 Å². The van der Waals surface area contributed by atoms with Gasteiger partial charge in [0, 0.05) is 26.0 Å². The number of fused-ring (bicyclic) bond motifs is 1. The van der Waals surface area contributed by atoms with Crippen molar-refractivity contribution in [1.82, 2.24) is 4.98 Å². The van der Waals surface area contributed by atoms with Crippen LogP contribution in [0.3, 0.4) is 0 Å². The molecule has 0 atom stereocenters. The molecule has 4 rings (SSSR count). The highest BCUT2D eigenvalue weighted by atomic mass is 79.9. The van der Waals surface area contributed by atoms with E-state index in [-0.39, 0.29) is 5.78 Å². The summed E-state index contributed by atoms with van der Waals surface area (Å²) in [5, 5.41) is 1.44. The monoisotopic (exact) mass is 409 g/mol. The third-order valence-electron chi connectivity index (χ3n) is 4.16. The fraction of sp³-hybridized carbons (Fsp3) is 0. The molecule has 122 valence electrons. The Labute approximate surface area is 158 Å². The number of benzene rings is 3. The number of halogens is 2. The van der Waals surface area contributed by atoms with Crippen LogP contribution in [0.5, 0.6) is 0 Å². The van der Waals surface area contributed by atoms with Gasteiger partial charge in [-0.25, -0.2) is 0 Å². The van der Waals surface area contributed by atoms with Gasteiger partial charge in [0.2, 0.25) is 0 Å². The van der Waals surface area contributed by atoms with E-state index in [9.17, 15) is 4.79 Å². The lowest BCUT2D eigenvalue weighted by Gasteiger charge is -2.05. The van der Waals surface area contributed by atoms with Gasteiger partial charge >= 0.3 is 0 Å². The molecule has 0 bridgehead atoms. The number of aromatic amines is 1. The van der Waals surface area contributed by atoms with Gasteiger partial charge in [0.15, 0.2) is 5.78 Å². The minimum absolute atomic E-state index is 0.0279. The number of carbonyl (C=O) groups excluding carboxylic acids is 1. The first-order valence-corrected chi connectivity index (χ1v) is 8.97. The van der Waals surface area contributed by atoms with Crippen LogP contribution >= 0.6 is 27.5 Å². The van der Waals surface area contributed by atoms with Crippen molar-refractivity contribution in [2.24, 2.45) is 0 Å². The van der Waals surface area contributed by atoms with Gasteiger partial charge in [-0.3, -0.25) is 4.79 Å². The van der Waals surface area contributed by atoms with Crippen LogP contribution < -0.4 is 0 Å². The van der Waals surface area contributed by atoms with E-state index in [0.29, 0.717) is 16.1 Å². The average molecular weight is 411 g/mol. The number of carbonyl (C=O) groups is 1. The molecule has 0 spiro atoms. The predicted molar refractivity (Wildman–Crippen MR) is 106 cm³/mol. The second-order valence-electron chi connectivity index (χ2n) is 5.77. The molecule has 0 aliphatic carbocycles. The Morgan fingerprint density at radius 2 is 1.64 bits per heavy atom. The highest BCUT2D eigenvalue weighted by Gasteiger charge is 2.21. The average Bonchev–Trinajstić information content (AvgIpc) is 3.01. The number of hydrogen-bond acceptors (Lipinski definition) is 1. The predicted octanol–water partition coefficient (Wildman–Crippen LogP) is 6.48. The summed E-state index contributed by atoms with van der Waals surface area (Å²) in [5.74, 6) is -0.0279. The molecule has 4 heteroatoms. The van der Waals surface area contributed by atoms with E-state index in [1.54, 1.807) is 0 Å². The van der Waals surface area contributed by atoms with Crippen LogP contribution in [0.1, 0.15) is 15.9 Å². The lowest BCUT2D eigenvalue weighted by molar-refractivity contribution is 0.104. The smallest absolute Gasteiger partial charge is 0.195 e. The zero-order chi connectivity index (χ0) is 17.4. The van der Waals surface area contributed by atoms with Crippen molar-refractivity contribution < 1.29 is 4.79 Å². The molecule has 0 unspecified atom stereocenters. The quantitative estimate of drug-likeness (QED) is 0.385. The van der Waals surface area contributed by atoms with Crippen LogP contribution in [0.2, 0.25) is 5.02 Å². The first-order valence-electron chi connectivity index (χ1n) is 7.80.